The van der Waals surface area contributed by atoms with E-state index in [4.69, 9.17) is 16.3 Å². The lowest BCUT2D eigenvalue weighted by molar-refractivity contribution is 0.180. The second kappa shape index (κ2) is 6.88. The first-order valence-corrected chi connectivity index (χ1v) is 9.32. The van der Waals surface area contributed by atoms with Crippen LogP contribution in [0.1, 0.15) is 28.5 Å². The number of hydrogen-bond donors (Lipinski definition) is 0. The van der Waals surface area contributed by atoms with Crippen molar-refractivity contribution in [1.29, 1.82) is 0 Å². The molecule has 3 aromatic heterocycles. The maximum absolute atomic E-state index is 6.27. The van der Waals surface area contributed by atoms with Gasteiger partial charge in [-0.1, -0.05) is 16.8 Å². The maximum atomic E-state index is 6.27. The summed E-state index contributed by atoms with van der Waals surface area (Å²) in [4.78, 5) is 4.56. The van der Waals surface area contributed by atoms with Crippen LogP contribution in [-0.2, 0) is 24.8 Å². The molecule has 0 saturated carbocycles. The van der Waals surface area contributed by atoms with Crippen LogP contribution >= 0.6 is 11.6 Å². The fraction of sp³-hybridized carbons (Fsp3) is 0.200. The molecule has 9 heteroatoms. The predicted octanol–water partition coefficient (Wildman–Crippen LogP) is 2.29. The van der Waals surface area contributed by atoms with Crippen molar-refractivity contribution in [3.05, 3.63) is 70.3 Å². The first-order chi connectivity index (χ1) is 14.1. The highest BCUT2D eigenvalue weighted by Crippen LogP contribution is 2.31. The van der Waals surface area contributed by atoms with E-state index in [1.165, 1.54) is 0 Å². The van der Waals surface area contributed by atoms with Crippen LogP contribution in [0.2, 0.25) is 5.02 Å². The van der Waals surface area contributed by atoms with Gasteiger partial charge in [-0.05, 0) is 36.1 Å². The van der Waals surface area contributed by atoms with Crippen LogP contribution in [0.15, 0.2) is 36.8 Å². The van der Waals surface area contributed by atoms with Crippen molar-refractivity contribution in [3.63, 3.8) is 0 Å². The van der Waals surface area contributed by atoms with Gasteiger partial charge in [0.25, 0.3) is 0 Å². The Bertz CT molecular complexity index is 1290. The number of halogens is 1. The number of ether oxygens (including phenoxy) is 1. The van der Waals surface area contributed by atoms with Gasteiger partial charge in [-0.15, -0.1) is 5.10 Å². The van der Waals surface area contributed by atoms with Crippen molar-refractivity contribution in [2.45, 2.75) is 13.0 Å². The second-order valence-electron chi connectivity index (χ2n) is 6.67. The highest BCUT2D eigenvalue weighted by molar-refractivity contribution is 6.30. The van der Waals surface area contributed by atoms with Gasteiger partial charge in [0, 0.05) is 31.8 Å². The summed E-state index contributed by atoms with van der Waals surface area (Å²) in [6.45, 7) is 0.369. The lowest BCUT2D eigenvalue weighted by atomic mass is 10.1. The molecular formula is C20H16ClN7O. The van der Waals surface area contributed by atoms with E-state index in [2.05, 4.69) is 32.2 Å². The Morgan fingerprint density at radius 1 is 1.17 bits per heavy atom. The average molecular weight is 406 g/mol. The number of aryl methyl sites for hydroxylation is 1. The Labute approximate surface area is 171 Å². The summed E-state index contributed by atoms with van der Waals surface area (Å²) >= 11 is 6.27. The summed E-state index contributed by atoms with van der Waals surface area (Å²) in [5.74, 6) is 6.25. The number of fused-ring (bicyclic) bond motifs is 5. The molecule has 0 radical (unpaired) electrons. The van der Waals surface area contributed by atoms with Crippen molar-refractivity contribution in [2.24, 2.45) is 7.05 Å². The summed E-state index contributed by atoms with van der Waals surface area (Å²) in [7, 11) is 3.50. The Morgan fingerprint density at radius 2 is 2.07 bits per heavy atom. The maximum Gasteiger partial charge on any atom is 0.135 e. The zero-order valence-corrected chi connectivity index (χ0v) is 16.6. The molecule has 8 nitrogen and oxygen atoms in total. The van der Waals surface area contributed by atoms with Crippen molar-refractivity contribution in [3.8, 4) is 23.2 Å². The summed E-state index contributed by atoms with van der Waals surface area (Å²) in [6.07, 6.45) is 4.20. The zero-order chi connectivity index (χ0) is 20.0. The van der Waals surface area contributed by atoms with Crippen LogP contribution in [0, 0.1) is 11.8 Å². The fourth-order valence-electron chi connectivity index (χ4n) is 3.44. The van der Waals surface area contributed by atoms with Crippen molar-refractivity contribution in [1.82, 2.24) is 34.3 Å². The molecule has 0 fully saturated rings. The molecule has 0 spiro atoms. The molecule has 5 rings (SSSR count). The number of imidazole rings is 1. The smallest absolute Gasteiger partial charge is 0.135 e. The number of benzene rings is 1. The quantitative estimate of drug-likeness (QED) is 0.421. The van der Waals surface area contributed by atoms with Gasteiger partial charge in [0.2, 0.25) is 0 Å². The summed E-state index contributed by atoms with van der Waals surface area (Å²) in [5, 5.41) is 13.6. The molecule has 0 N–H and O–H groups in total. The van der Waals surface area contributed by atoms with Crippen LogP contribution in [0.4, 0.5) is 0 Å². The first kappa shape index (κ1) is 17.7. The Hall–Kier alpha value is -3.41. The molecule has 144 valence electrons. The molecule has 0 saturated heterocycles. The van der Waals surface area contributed by atoms with E-state index < -0.39 is 0 Å². The summed E-state index contributed by atoms with van der Waals surface area (Å²) in [6, 6.07) is 7.54. The monoisotopic (exact) mass is 405 g/mol. The van der Waals surface area contributed by atoms with Gasteiger partial charge in [-0.3, -0.25) is 9.25 Å². The van der Waals surface area contributed by atoms with Crippen LogP contribution in [-0.4, -0.2) is 41.4 Å². The predicted molar refractivity (Wildman–Crippen MR) is 106 cm³/mol. The molecule has 0 unspecified atom stereocenters. The fourth-order valence-corrected chi connectivity index (χ4v) is 3.61. The standard InChI is InChI=1S/C20H16ClN7O/c1-26-8-7-14(24-26)4-5-15-18-10-19-16(11-29-2)23-25-28(19)20-9-13(21)3-6-17(20)27(18)12-22-15/h3,6-9,12H,10-11H2,1-2H3. The van der Waals surface area contributed by atoms with Crippen LogP contribution in [0.5, 0.6) is 0 Å². The third-order valence-electron chi connectivity index (χ3n) is 4.77. The Balaban J connectivity index is 1.69. The van der Waals surface area contributed by atoms with Crippen LogP contribution in [0.25, 0.3) is 11.4 Å². The molecule has 0 amide bonds. The second-order valence-corrected chi connectivity index (χ2v) is 7.11. The number of nitrogens with zero attached hydrogens (tertiary/aromatic N) is 7. The van der Waals surface area contributed by atoms with E-state index in [1.807, 2.05) is 46.8 Å². The van der Waals surface area contributed by atoms with Gasteiger partial charge < -0.3 is 4.74 Å². The minimum atomic E-state index is 0.369. The summed E-state index contributed by atoms with van der Waals surface area (Å²) < 4.78 is 10.9. The van der Waals surface area contributed by atoms with E-state index in [9.17, 15) is 0 Å². The highest BCUT2D eigenvalue weighted by atomic mass is 35.5. The van der Waals surface area contributed by atoms with Crippen LogP contribution in [0.3, 0.4) is 0 Å². The molecule has 29 heavy (non-hydrogen) atoms. The SMILES string of the molecule is COCc1nnn2c1Cc1c(C#Cc3ccn(C)n3)ncn1-c1ccc(Cl)cc1-2. The van der Waals surface area contributed by atoms with Crippen LogP contribution < -0.4 is 0 Å². The van der Waals surface area contributed by atoms with Gasteiger partial charge in [-0.25, -0.2) is 9.67 Å². The lowest BCUT2D eigenvalue weighted by Gasteiger charge is -2.09. The van der Waals surface area contributed by atoms with Gasteiger partial charge in [0.05, 0.1) is 29.4 Å². The van der Waals surface area contributed by atoms with Gasteiger partial charge in [-0.2, -0.15) is 5.10 Å². The number of hydrogen-bond acceptors (Lipinski definition) is 5. The summed E-state index contributed by atoms with van der Waals surface area (Å²) in [5.41, 5.74) is 5.79. The molecule has 0 bridgehead atoms. The molecule has 1 aromatic carbocycles. The van der Waals surface area contributed by atoms with E-state index in [0.717, 1.165) is 28.5 Å². The van der Waals surface area contributed by atoms with E-state index in [0.29, 0.717) is 29.4 Å². The lowest BCUT2D eigenvalue weighted by Crippen LogP contribution is -2.04. The average Bonchev–Trinajstić information content (AvgIpc) is 3.39. The largest absolute Gasteiger partial charge is 0.378 e. The molecular weight excluding hydrogens is 390 g/mol. The Morgan fingerprint density at radius 3 is 2.86 bits per heavy atom. The molecule has 0 atom stereocenters. The molecule has 4 heterocycles. The van der Waals surface area contributed by atoms with Gasteiger partial charge in [0.1, 0.15) is 23.4 Å². The van der Waals surface area contributed by atoms with Gasteiger partial charge >= 0.3 is 0 Å². The third-order valence-corrected chi connectivity index (χ3v) is 5.01. The molecule has 4 aromatic rings. The van der Waals surface area contributed by atoms with Gasteiger partial charge in [0.15, 0.2) is 0 Å². The molecule has 0 aliphatic carbocycles. The first-order valence-electron chi connectivity index (χ1n) is 8.94. The van der Waals surface area contributed by atoms with E-state index in [-0.39, 0.29) is 0 Å². The number of rotatable bonds is 2. The molecule has 1 aliphatic heterocycles. The Kier molecular flexibility index (Phi) is 4.19. The number of methoxy groups -OCH3 is 1. The normalized spacial score (nSPS) is 11.8. The van der Waals surface area contributed by atoms with Crippen molar-refractivity contribution >= 4 is 11.6 Å². The third kappa shape index (κ3) is 3.01. The molecule has 1 aliphatic rings. The van der Waals surface area contributed by atoms with Crippen molar-refractivity contribution < 1.29 is 4.74 Å². The van der Waals surface area contributed by atoms with Crippen molar-refractivity contribution in [2.75, 3.05) is 7.11 Å². The number of aromatic nitrogens is 7. The minimum Gasteiger partial charge on any atom is -0.378 e. The highest BCUT2D eigenvalue weighted by Gasteiger charge is 2.25. The minimum absolute atomic E-state index is 0.369. The van der Waals surface area contributed by atoms with E-state index in [1.54, 1.807) is 18.1 Å². The topological polar surface area (TPSA) is 75.6 Å². The zero-order valence-electron chi connectivity index (χ0n) is 15.8. The van der Waals surface area contributed by atoms with E-state index >= 15 is 0 Å².